The van der Waals surface area contributed by atoms with Gasteiger partial charge in [0.25, 0.3) is 0 Å². The van der Waals surface area contributed by atoms with Gasteiger partial charge in [-0.25, -0.2) is 13.6 Å². The number of anilines is 1. The quantitative estimate of drug-likeness (QED) is 0.879. The van der Waals surface area contributed by atoms with Gasteiger partial charge in [-0.15, -0.1) is 0 Å². The molecule has 1 aliphatic rings. The maximum atomic E-state index is 13.7. The molecule has 8 heteroatoms. The number of urea groups is 1. The van der Waals surface area contributed by atoms with Crippen molar-refractivity contribution in [1.82, 2.24) is 10.2 Å². The van der Waals surface area contributed by atoms with Crippen molar-refractivity contribution in [3.8, 4) is 0 Å². The van der Waals surface area contributed by atoms with E-state index >= 15 is 0 Å². The topological polar surface area (TPSA) is 61.4 Å². The van der Waals surface area contributed by atoms with Crippen molar-refractivity contribution >= 4 is 29.2 Å². The summed E-state index contributed by atoms with van der Waals surface area (Å²) in [5, 5.41) is 4.69. The zero-order chi connectivity index (χ0) is 15.6. The molecule has 0 radical (unpaired) electrons. The fraction of sp³-hybridized carbons (Fsp3) is 0.385. The van der Waals surface area contributed by atoms with Crippen molar-refractivity contribution in [3.05, 3.63) is 28.8 Å². The third-order valence-electron chi connectivity index (χ3n) is 3.22. The number of amides is 3. The molecule has 114 valence electrons. The van der Waals surface area contributed by atoms with E-state index in [2.05, 4.69) is 10.6 Å². The fourth-order valence-corrected chi connectivity index (χ4v) is 2.40. The van der Waals surface area contributed by atoms with Gasteiger partial charge in [0.05, 0.1) is 0 Å². The van der Waals surface area contributed by atoms with Crippen molar-refractivity contribution in [2.45, 2.75) is 19.4 Å². The van der Waals surface area contributed by atoms with Gasteiger partial charge in [0, 0.05) is 18.1 Å². The molecule has 2 rings (SSSR count). The second kappa shape index (κ2) is 6.26. The molecule has 1 atom stereocenters. The van der Waals surface area contributed by atoms with Gasteiger partial charge in [-0.2, -0.15) is 0 Å². The fourth-order valence-electron chi connectivity index (χ4n) is 2.20. The lowest BCUT2D eigenvalue weighted by atomic mass is 10.1. The monoisotopic (exact) mass is 317 g/mol. The maximum absolute atomic E-state index is 13.7. The first-order chi connectivity index (χ1) is 9.93. The van der Waals surface area contributed by atoms with Gasteiger partial charge < -0.3 is 15.5 Å². The molecule has 5 nitrogen and oxygen atoms in total. The van der Waals surface area contributed by atoms with Gasteiger partial charge in [-0.3, -0.25) is 4.79 Å². The van der Waals surface area contributed by atoms with Crippen LogP contribution in [0.25, 0.3) is 0 Å². The van der Waals surface area contributed by atoms with E-state index in [1.807, 2.05) is 0 Å². The number of nitrogens with zero attached hydrogens (tertiary/aromatic N) is 1. The standard InChI is InChI=1S/C13H14ClF2N3O2/c1-2-10-12(20)17-3-4-19(10)13(21)18-11-8(15)5-7(14)6-9(11)16/h5-6,10H,2-4H2,1H3,(H,17,20)(H,18,21)/t10-/m1/s1. The Morgan fingerprint density at radius 1 is 1.48 bits per heavy atom. The van der Waals surface area contributed by atoms with E-state index in [1.54, 1.807) is 6.92 Å². The zero-order valence-corrected chi connectivity index (χ0v) is 12.0. The van der Waals surface area contributed by atoms with Crippen LogP contribution in [0, 0.1) is 11.6 Å². The van der Waals surface area contributed by atoms with Gasteiger partial charge in [-0.05, 0) is 18.6 Å². The predicted octanol–water partition coefficient (Wildman–Crippen LogP) is 2.36. The van der Waals surface area contributed by atoms with Gasteiger partial charge in [0.2, 0.25) is 5.91 Å². The molecule has 1 aromatic carbocycles. The Morgan fingerprint density at radius 3 is 2.67 bits per heavy atom. The van der Waals surface area contributed by atoms with Crippen LogP contribution >= 0.6 is 11.6 Å². The summed E-state index contributed by atoms with van der Waals surface area (Å²) in [6.07, 6.45) is 0.408. The maximum Gasteiger partial charge on any atom is 0.322 e. The third kappa shape index (κ3) is 3.24. The van der Waals surface area contributed by atoms with Crippen LogP contribution in [0.3, 0.4) is 0 Å². The van der Waals surface area contributed by atoms with Crippen LogP contribution < -0.4 is 10.6 Å². The Kier molecular flexibility index (Phi) is 4.62. The first kappa shape index (κ1) is 15.5. The summed E-state index contributed by atoms with van der Waals surface area (Å²) < 4.78 is 27.3. The van der Waals surface area contributed by atoms with E-state index in [4.69, 9.17) is 11.6 Å². The lowest BCUT2D eigenvalue weighted by molar-refractivity contribution is -0.127. The average Bonchev–Trinajstić information content (AvgIpc) is 2.42. The molecule has 0 saturated carbocycles. The highest BCUT2D eigenvalue weighted by atomic mass is 35.5. The minimum Gasteiger partial charge on any atom is -0.353 e. The average molecular weight is 318 g/mol. The van der Waals surface area contributed by atoms with Gasteiger partial charge >= 0.3 is 6.03 Å². The Labute approximate surface area is 125 Å². The molecule has 1 fully saturated rings. The second-order valence-corrected chi connectivity index (χ2v) is 5.02. The van der Waals surface area contributed by atoms with Crippen molar-refractivity contribution < 1.29 is 18.4 Å². The number of hydrogen-bond donors (Lipinski definition) is 2. The SMILES string of the molecule is CC[C@@H]1C(=O)NCCN1C(=O)Nc1c(F)cc(Cl)cc1F. The van der Waals surface area contributed by atoms with Crippen LogP contribution in [-0.4, -0.2) is 36.0 Å². The molecular formula is C13H14ClF2N3O2. The molecule has 1 aliphatic heterocycles. The summed E-state index contributed by atoms with van der Waals surface area (Å²) in [5.41, 5.74) is -0.578. The second-order valence-electron chi connectivity index (χ2n) is 4.58. The molecule has 2 N–H and O–H groups in total. The van der Waals surface area contributed by atoms with E-state index in [9.17, 15) is 18.4 Å². The van der Waals surface area contributed by atoms with Gasteiger partial charge in [-0.1, -0.05) is 18.5 Å². The smallest absolute Gasteiger partial charge is 0.322 e. The summed E-state index contributed by atoms with van der Waals surface area (Å²) in [7, 11) is 0. The van der Waals surface area contributed by atoms with Crippen LogP contribution in [0.4, 0.5) is 19.3 Å². The molecule has 21 heavy (non-hydrogen) atoms. The third-order valence-corrected chi connectivity index (χ3v) is 3.44. The van der Waals surface area contributed by atoms with Crippen LogP contribution in [-0.2, 0) is 4.79 Å². The molecule has 1 aromatic rings. The van der Waals surface area contributed by atoms with Gasteiger partial charge in [0.1, 0.15) is 11.7 Å². The molecule has 0 aliphatic carbocycles. The highest BCUT2D eigenvalue weighted by Gasteiger charge is 2.32. The van der Waals surface area contributed by atoms with Crippen LogP contribution in [0.5, 0.6) is 0 Å². The summed E-state index contributed by atoms with van der Waals surface area (Å²) >= 11 is 5.52. The number of rotatable bonds is 2. The molecule has 3 amide bonds. The van der Waals surface area contributed by atoms with E-state index in [-0.39, 0.29) is 17.5 Å². The zero-order valence-electron chi connectivity index (χ0n) is 11.3. The molecule has 1 heterocycles. The molecule has 1 saturated heterocycles. The Balaban J connectivity index is 2.19. The van der Waals surface area contributed by atoms with E-state index in [0.717, 1.165) is 12.1 Å². The van der Waals surface area contributed by atoms with Crippen LogP contribution in [0.15, 0.2) is 12.1 Å². The van der Waals surface area contributed by atoms with Crippen LogP contribution in [0.1, 0.15) is 13.3 Å². The summed E-state index contributed by atoms with van der Waals surface area (Å²) in [5.74, 6) is -2.22. The Hall–Kier alpha value is -1.89. The number of benzene rings is 1. The van der Waals surface area contributed by atoms with Gasteiger partial charge in [0.15, 0.2) is 11.6 Å². The minimum atomic E-state index is -0.970. The van der Waals surface area contributed by atoms with Crippen molar-refractivity contribution in [3.63, 3.8) is 0 Å². The molecular weight excluding hydrogens is 304 g/mol. The highest BCUT2D eigenvalue weighted by Crippen LogP contribution is 2.24. The van der Waals surface area contributed by atoms with Crippen molar-refractivity contribution in [2.75, 3.05) is 18.4 Å². The number of nitrogens with one attached hydrogen (secondary N) is 2. The normalized spacial score (nSPS) is 18.4. The molecule has 0 unspecified atom stereocenters. The van der Waals surface area contributed by atoms with E-state index < -0.39 is 29.4 Å². The van der Waals surface area contributed by atoms with E-state index in [1.165, 1.54) is 4.90 Å². The number of hydrogen-bond acceptors (Lipinski definition) is 2. The highest BCUT2D eigenvalue weighted by molar-refractivity contribution is 6.30. The predicted molar refractivity (Wildman–Crippen MR) is 74.2 cm³/mol. The number of carbonyl (C=O) groups is 2. The minimum absolute atomic E-state index is 0.105. The summed E-state index contributed by atoms with van der Waals surface area (Å²) in [4.78, 5) is 25.1. The van der Waals surface area contributed by atoms with E-state index in [0.29, 0.717) is 13.0 Å². The lowest BCUT2D eigenvalue weighted by Gasteiger charge is -2.34. The first-order valence-corrected chi connectivity index (χ1v) is 6.81. The van der Waals surface area contributed by atoms with Crippen molar-refractivity contribution in [1.29, 1.82) is 0 Å². The number of carbonyl (C=O) groups excluding carboxylic acids is 2. The Bertz CT molecular complexity index is 560. The first-order valence-electron chi connectivity index (χ1n) is 6.44. The summed E-state index contributed by atoms with van der Waals surface area (Å²) in [6, 6.07) is 0.426. The summed E-state index contributed by atoms with van der Waals surface area (Å²) in [6.45, 7) is 2.32. The van der Waals surface area contributed by atoms with Crippen molar-refractivity contribution in [2.24, 2.45) is 0 Å². The Morgan fingerprint density at radius 2 is 2.10 bits per heavy atom. The largest absolute Gasteiger partial charge is 0.353 e. The molecule has 0 aromatic heterocycles. The molecule has 0 bridgehead atoms. The number of piperazine rings is 1. The lowest BCUT2D eigenvalue weighted by Crippen LogP contribution is -2.58. The molecule has 0 spiro atoms. The number of halogens is 3. The van der Waals surface area contributed by atoms with Crippen LogP contribution in [0.2, 0.25) is 5.02 Å².